The van der Waals surface area contributed by atoms with Crippen LogP contribution in [0.15, 0.2) is 11.6 Å². The van der Waals surface area contributed by atoms with Crippen LogP contribution in [0.3, 0.4) is 0 Å². The lowest BCUT2D eigenvalue weighted by Gasteiger charge is -2.32. The van der Waals surface area contributed by atoms with E-state index in [0.717, 1.165) is 6.42 Å². The number of nitrogens with zero attached hydrogens (tertiary/aromatic N) is 1. The van der Waals surface area contributed by atoms with Gasteiger partial charge in [-0.2, -0.15) is 0 Å². The van der Waals surface area contributed by atoms with Crippen molar-refractivity contribution in [2.75, 3.05) is 13.1 Å². The zero-order chi connectivity index (χ0) is 10.1. The molecule has 1 atom stereocenters. The van der Waals surface area contributed by atoms with Crippen molar-refractivity contribution in [1.29, 1.82) is 0 Å². The second kappa shape index (κ2) is 3.90. The molecule has 4 heteroatoms. The molecule has 0 N–H and O–H groups in total. The maximum atomic E-state index is 10.6. The van der Waals surface area contributed by atoms with Gasteiger partial charge in [-0.05, 0) is 11.8 Å². The van der Waals surface area contributed by atoms with E-state index in [9.17, 15) is 8.76 Å². The Morgan fingerprint density at radius 3 is 2.46 bits per heavy atom. The van der Waals surface area contributed by atoms with Gasteiger partial charge in [0.05, 0.1) is 0 Å². The van der Waals surface area contributed by atoms with E-state index in [1.54, 1.807) is 0 Å². The van der Waals surface area contributed by atoms with Gasteiger partial charge in [0.2, 0.25) is 0 Å². The lowest BCUT2D eigenvalue weighted by atomic mass is 9.83. The van der Waals surface area contributed by atoms with Crippen LogP contribution in [0.4, 0.5) is 0 Å². The molecular weight excluding hydrogens is 186 g/mol. The standard InChI is InChI=1S/C9H17NO2S/c1-9(2,3)8-4-6-10(7-5-8)13(11)12/h4H,5-7H2,1-3H3,(H,11,12)/p-1. The number of rotatable bonds is 1. The lowest BCUT2D eigenvalue weighted by molar-refractivity contribution is 0.375. The predicted octanol–water partition coefficient (Wildman–Crippen LogP) is 1.46. The Morgan fingerprint density at radius 2 is 2.15 bits per heavy atom. The van der Waals surface area contributed by atoms with Gasteiger partial charge in [-0.1, -0.05) is 32.4 Å². The summed E-state index contributed by atoms with van der Waals surface area (Å²) in [7, 11) is 0. The summed E-state index contributed by atoms with van der Waals surface area (Å²) in [6.45, 7) is 7.62. The van der Waals surface area contributed by atoms with Gasteiger partial charge in [0.25, 0.3) is 0 Å². The van der Waals surface area contributed by atoms with Gasteiger partial charge in [-0.15, -0.1) is 0 Å². The van der Waals surface area contributed by atoms with Crippen molar-refractivity contribution < 1.29 is 8.76 Å². The summed E-state index contributed by atoms with van der Waals surface area (Å²) in [4.78, 5) is 0. The fourth-order valence-electron chi connectivity index (χ4n) is 1.47. The van der Waals surface area contributed by atoms with Crippen LogP contribution in [0.5, 0.6) is 0 Å². The molecule has 0 saturated heterocycles. The molecule has 0 aromatic rings. The first-order chi connectivity index (χ1) is 5.91. The Kier molecular flexibility index (Phi) is 3.27. The highest BCUT2D eigenvalue weighted by atomic mass is 32.2. The molecule has 0 aliphatic carbocycles. The fourth-order valence-corrected chi connectivity index (χ4v) is 1.90. The molecule has 0 bridgehead atoms. The molecule has 0 aromatic heterocycles. The summed E-state index contributed by atoms with van der Waals surface area (Å²) < 4.78 is 22.7. The highest BCUT2D eigenvalue weighted by Gasteiger charge is 2.21. The maximum absolute atomic E-state index is 10.6. The Morgan fingerprint density at radius 1 is 1.54 bits per heavy atom. The summed E-state index contributed by atoms with van der Waals surface area (Å²) in [5, 5.41) is 0. The second-order valence-electron chi connectivity index (χ2n) is 4.33. The topological polar surface area (TPSA) is 43.4 Å². The van der Waals surface area contributed by atoms with Crippen LogP contribution in [-0.4, -0.2) is 26.2 Å². The third-order valence-corrected chi connectivity index (χ3v) is 3.10. The summed E-state index contributed by atoms with van der Waals surface area (Å²) in [6, 6.07) is 0. The third-order valence-electron chi connectivity index (χ3n) is 2.35. The molecule has 1 aliphatic rings. The molecule has 13 heavy (non-hydrogen) atoms. The number of hydrogen-bond acceptors (Lipinski definition) is 2. The summed E-state index contributed by atoms with van der Waals surface area (Å²) >= 11 is -2.05. The second-order valence-corrected chi connectivity index (χ2v) is 5.29. The van der Waals surface area contributed by atoms with Gasteiger partial charge in [0.1, 0.15) is 0 Å². The quantitative estimate of drug-likeness (QED) is 0.477. The van der Waals surface area contributed by atoms with Crippen molar-refractivity contribution in [3.63, 3.8) is 0 Å². The van der Waals surface area contributed by atoms with Gasteiger partial charge in [0, 0.05) is 24.4 Å². The lowest BCUT2D eigenvalue weighted by Crippen LogP contribution is -2.32. The van der Waals surface area contributed by atoms with Crippen molar-refractivity contribution in [2.24, 2.45) is 5.41 Å². The minimum atomic E-state index is -2.05. The smallest absolute Gasteiger partial charge is 0.0286 e. The first-order valence-corrected chi connectivity index (χ1v) is 5.48. The Bertz CT molecular complexity index is 242. The van der Waals surface area contributed by atoms with Crippen LogP contribution < -0.4 is 0 Å². The highest BCUT2D eigenvalue weighted by Crippen LogP contribution is 2.30. The minimum absolute atomic E-state index is 0.177. The van der Waals surface area contributed by atoms with Crippen LogP contribution in [0.2, 0.25) is 0 Å². The predicted molar refractivity (Wildman–Crippen MR) is 52.6 cm³/mol. The molecule has 1 heterocycles. The van der Waals surface area contributed by atoms with Crippen molar-refractivity contribution in [2.45, 2.75) is 27.2 Å². The van der Waals surface area contributed by atoms with Crippen LogP contribution in [0.1, 0.15) is 27.2 Å². The maximum Gasteiger partial charge on any atom is 0.0286 e. The largest absolute Gasteiger partial charge is 0.760 e. The zero-order valence-electron chi connectivity index (χ0n) is 8.37. The minimum Gasteiger partial charge on any atom is -0.760 e. The van der Waals surface area contributed by atoms with Crippen LogP contribution in [-0.2, 0) is 11.3 Å². The van der Waals surface area contributed by atoms with E-state index >= 15 is 0 Å². The highest BCUT2D eigenvalue weighted by molar-refractivity contribution is 7.76. The van der Waals surface area contributed by atoms with E-state index < -0.39 is 11.3 Å². The normalized spacial score (nSPS) is 22.6. The molecule has 0 saturated carbocycles. The number of hydrogen-bond donors (Lipinski definition) is 0. The van der Waals surface area contributed by atoms with E-state index in [0.29, 0.717) is 13.1 Å². The molecule has 0 spiro atoms. The molecule has 76 valence electrons. The van der Waals surface area contributed by atoms with Crippen molar-refractivity contribution in [1.82, 2.24) is 4.31 Å². The van der Waals surface area contributed by atoms with Crippen molar-refractivity contribution >= 4 is 11.3 Å². The van der Waals surface area contributed by atoms with Crippen LogP contribution in [0.25, 0.3) is 0 Å². The molecule has 1 unspecified atom stereocenters. The first-order valence-electron chi connectivity index (χ1n) is 4.45. The molecule has 0 radical (unpaired) electrons. The Hall–Kier alpha value is -0.190. The van der Waals surface area contributed by atoms with Gasteiger partial charge in [-0.25, -0.2) is 4.31 Å². The van der Waals surface area contributed by atoms with Crippen molar-refractivity contribution in [3.8, 4) is 0 Å². The van der Waals surface area contributed by atoms with E-state index in [4.69, 9.17) is 0 Å². The van der Waals surface area contributed by atoms with Crippen molar-refractivity contribution in [3.05, 3.63) is 11.6 Å². The molecular formula is C9H16NO2S-. The molecule has 1 aliphatic heterocycles. The Balaban J connectivity index is 2.63. The third kappa shape index (κ3) is 2.90. The first kappa shape index (κ1) is 10.9. The van der Waals surface area contributed by atoms with Crippen LogP contribution >= 0.6 is 0 Å². The van der Waals surface area contributed by atoms with Gasteiger partial charge in [0.15, 0.2) is 0 Å². The van der Waals surface area contributed by atoms with Gasteiger partial charge in [-0.3, -0.25) is 4.21 Å². The van der Waals surface area contributed by atoms with E-state index in [1.807, 2.05) is 6.08 Å². The average molecular weight is 202 g/mol. The Labute approximate surface area is 82.2 Å². The van der Waals surface area contributed by atoms with E-state index in [2.05, 4.69) is 20.8 Å². The van der Waals surface area contributed by atoms with Crippen LogP contribution in [0, 0.1) is 5.41 Å². The average Bonchev–Trinajstić information content (AvgIpc) is 2.03. The molecule has 1 rings (SSSR count). The zero-order valence-corrected chi connectivity index (χ0v) is 9.19. The monoisotopic (exact) mass is 202 g/mol. The SMILES string of the molecule is CC(C)(C)C1=CCN(S(=O)[O-])CC1. The summed E-state index contributed by atoms with van der Waals surface area (Å²) in [5.41, 5.74) is 1.53. The van der Waals surface area contributed by atoms with E-state index in [-0.39, 0.29) is 5.41 Å². The fraction of sp³-hybridized carbons (Fsp3) is 0.778. The molecule has 3 nitrogen and oxygen atoms in total. The molecule has 0 fully saturated rings. The van der Waals surface area contributed by atoms with Gasteiger partial charge >= 0.3 is 0 Å². The summed E-state index contributed by atoms with van der Waals surface area (Å²) in [5.74, 6) is 0. The van der Waals surface area contributed by atoms with E-state index in [1.165, 1.54) is 9.88 Å². The molecule has 0 aromatic carbocycles. The van der Waals surface area contributed by atoms with Gasteiger partial charge < -0.3 is 4.55 Å². The summed E-state index contributed by atoms with van der Waals surface area (Å²) in [6.07, 6.45) is 2.89. The molecule has 0 amide bonds.